The Balaban J connectivity index is 2.05. The van der Waals surface area contributed by atoms with Gasteiger partial charge in [-0.15, -0.1) is 5.10 Å². The molecule has 0 radical (unpaired) electrons. The van der Waals surface area contributed by atoms with Gasteiger partial charge in [-0.05, 0) is 17.7 Å². The number of amides is 1. The van der Waals surface area contributed by atoms with E-state index >= 15 is 0 Å². The van der Waals surface area contributed by atoms with Gasteiger partial charge in [-0.25, -0.2) is 8.78 Å². The summed E-state index contributed by atoms with van der Waals surface area (Å²) in [6, 6.07) is 3.51. The van der Waals surface area contributed by atoms with Crippen molar-refractivity contribution < 1.29 is 13.6 Å². The van der Waals surface area contributed by atoms with E-state index in [-0.39, 0.29) is 18.1 Å². The van der Waals surface area contributed by atoms with Gasteiger partial charge in [0.05, 0.1) is 12.7 Å². The highest BCUT2D eigenvalue weighted by Gasteiger charge is 2.16. The van der Waals surface area contributed by atoms with E-state index in [0.717, 1.165) is 12.1 Å². The Morgan fingerprint density at radius 1 is 1.38 bits per heavy atom. The predicted octanol–water partition coefficient (Wildman–Crippen LogP) is 0.787. The van der Waals surface area contributed by atoms with Crippen molar-refractivity contribution in [2.75, 3.05) is 13.6 Å². The monoisotopic (exact) mass is 295 g/mol. The van der Waals surface area contributed by atoms with Crippen LogP contribution in [0.4, 0.5) is 8.78 Å². The van der Waals surface area contributed by atoms with E-state index in [0.29, 0.717) is 18.7 Å². The lowest BCUT2D eigenvalue weighted by Gasteiger charge is -2.15. The second kappa shape index (κ2) is 6.40. The molecule has 2 N–H and O–H groups in total. The van der Waals surface area contributed by atoms with E-state index in [1.165, 1.54) is 21.8 Å². The topological polar surface area (TPSA) is 77.0 Å². The number of nitrogens with two attached hydrogens (primary N) is 1. The van der Waals surface area contributed by atoms with Gasteiger partial charge in [0.1, 0.15) is 0 Å². The molecule has 0 unspecified atom stereocenters. The highest BCUT2D eigenvalue weighted by atomic mass is 19.2. The van der Waals surface area contributed by atoms with Crippen molar-refractivity contribution >= 4 is 5.91 Å². The third kappa shape index (κ3) is 3.60. The summed E-state index contributed by atoms with van der Waals surface area (Å²) in [4.78, 5) is 13.5. The molecule has 0 spiro atoms. The lowest BCUT2D eigenvalue weighted by atomic mass is 10.2. The molecule has 0 saturated carbocycles. The summed E-state index contributed by atoms with van der Waals surface area (Å²) in [6.45, 7) is 0.995. The molecule has 21 heavy (non-hydrogen) atoms. The molecule has 8 heteroatoms. The van der Waals surface area contributed by atoms with Gasteiger partial charge in [-0.3, -0.25) is 9.48 Å². The number of aromatic nitrogens is 3. The molecule has 6 nitrogen and oxygen atoms in total. The van der Waals surface area contributed by atoms with E-state index in [4.69, 9.17) is 5.73 Å². The summed E-state index contributed by atoms with van der Waals surface area (Å²) in [5, 5.41) is 7.53. The van der Waals surface area contributed by atoms with Crippen molar-refractivity contribution in [1.82, 2.24) is 19.9 Å². The van der Waals surface area contributed by atoms with Gasteiger partial charge >= 0.3 is 0 Å². The summed E-state index contributed by atoms with van der Waals surface area (Å²) >= 11 is 0. The molecule has 0 saturated heterocycles. The van der Waals surface area contributed by atoms with Crippen LogP contribution in [0.15, 0.2) is 24.4 Å². The summed E-state index contributed by atoms with van der Waals surface area (Å²) in [5.74, 6) is -2.22. The van der Waals surface area contributed by atoms with Crippen molar-refractivity contribution in [2.45, 2.75) is 13.1 Å². The van der Waals surface area contributed by atoms with Crippen molar-refractivity contribution in [3.8, 4) is 0 Å². The number of carbonyl (C=O) groups is 1. The minimum Gasteiger partial charge on any atom is -0.336 e. The lowest BCUT2D eigenvalue weighted by molar-refractivity contribution is 0.0779. The van der Waals surface area contributed by atoms with Gasteiger partial charge in [-0.2, -0.15) is 0 Å². The zero-order valence-corrected chi connectivity index (χ0v) is 11.5. The maximum absolute atomic E-state index is 13.1. The van der Waals surface area contributed by atoms with E-state index < -0.39 is 11.6 Å². The van der Waals surface area contributed by atoms with Crippen LogP contribution in [0.5, 0.6) is 0 Å². The molecule has 1 aromatic heterocycles. The summed E-state index contributed by atoms with van der Waals surface area (Å²) < 4.78 is 27.4. The van der Waals surface area contributed by atoms with Gasteiger partial charge in [0.15, 0.2) is 17.3 Å². The molecule has 0 aliphatic heterocycles. The first-order valence-corrected chi connectivity index (χ1v) is 6.31. The van der Waals surface area contributed by atoms with Crippen LogP contribution in [0.3, 0.4) is 0 Å². The van der Waals surface area contributed by atoms with Gasteiger partial charge in [0.25, 0.3) is 5.91 Å². The molecule has 2 rings (SSSR count). The first kappa shape index (κ1) is 15.0. The SMILES string of the molecule is CN(Cc1ccc(F)c(F)c1)C(=O)c1cn(CCN)nn1. The maximum atomic E-state index is 13.1. The standard InChI is InChI=1S/C13H15F2N5O/c1-19(7-9-2-3-10(14)11(15)6-9)13(21)12-8-20(5-4-16)18-17-12/h2-3,6,8H,4-5,7,16H2,1H3. The number of hydrogen-bond acceptors (Lipinski definition) is 4. The minimum absolute atomic E-state index is 0.139. The first-order valence-electron chi connectivity index (χ1n) is 6.31. The fraction of sp³-hybridized carbons (Fsp3) is 0.308. The molecular formula is C13H15F2N5O. The largest absolute Gasteiger partial charge is 0.336 e. The number of hydrogen-bond donors (Lipinski definition) is 1. The Hall–Kier alpha value is -2.35. The third-order valence-electron chi connectivity index (χ3n) is 2.87. The molecule has 0 fully saturated rings. The van der Waals surface area contributed by atoms with E-state index in [9.17, 15) is 13.6 Å². The molecule has 2 aromatic rings. The molecule has 0 bridgehead atoms. The molecule has 0 atom stereocenters. The third-order valence-corrected chi connectivity index (χ3v) is 2.87. The van der Waals surface area contributed by atoms with E-state index in [1.54, 1.807) is 7.05 Å². The molecule has 0 aliphatic carbocycles. The van der Waals surface area contributed by atoms with Crippen LogP contribution in [0, 0.1) is 11.6 Å². The quantitative estimate of drug-likeness (QED) is 0.884. The summed E-state index contributed by atoms with van der Waals surface area (Å²) in [7, 11) is 1.55. The van der Waals surface area contributed by atoms with Crippen LogP contribution < -0.4 is 5.73 Å². The number of halogens is 2. The molecule has 1 aromatic carbocycles. The molecule has 0 aliphatic rings. The molecule has 1 amide bonds. The fourth-order valence-electron chi connectivity index (χ4n) is 1.82. The Bertz CT molecular complexity index is 643. The first-order chi connectivity index (χ1) is 10.0. The smallest absolute Gasteiger partial charge is 0.276 e. The second-order valence-electron chi connectivity index (χ2n) is 4.57. The van der Waals surface area contributed by atoms with Gasteiger partial charge in [-0.1, -0.05) is 11.3 Å². The number of benzene rings is 1. The van der Waals surface area contributed by atoms with Crippen LogP contribution in [-0.4, -0.2) is 39.4 Å². The van der Waals surface area contributed by atoms with Crippen LogP contribution in [0.25, 0.3) is 0 Å². The summed E-state index contributed by atoms with van der Waals surface area (Å²) in [6.07, 6.45) is 1.50. The van der Waals surface area contributed by atoms with Crippen molar-refractivity contribution in [1.29, 1.82) is 0 Å². The zero-order chi connectivity index (χ0) is 15.4. The van der Waals surface area contributed by atoms with Crippen LogP contribution in [0.1, 0.15) is 16.1 Å². The van der Waals surface area contributed by atoms with Crippen molar-refractivity contribution in [3.63, 3.8) is 0 Å². The highest BCUT2D eigenvalue weighted by molar-refractivity contribution is 5.91. The van der Waals surface area contributed by atoms with Gasteiger partial charge < -0.3 is 10.6 Å². The van der Waals surface area contributed by atoms with E-state index in [2.05, 4.69) is 10.3 Å². The molecule has 1 heterocycles. The van der Waals surface area contributed by atoms with Crippen molar-refractivity contribution in [2.24, 2.45) is 5.73 Å². The maximum Gasteiger partial charge on any atom is 0.276 e. The molecular weight excluding hydrogens is 280 g/mol. The average Bonchev–Trinajstić information content (AvgIpc) is 2.91. The number of rotatable bonds is 5. The Morgan fingerprint density at radius 3 is 2.81 bits per heavy atom. The highest BCUT2D eigenvalue weighted by Crippen LogP contribution is 2.11. The van der Waals surface area contributed by atoms with Gasteiger partial charge in [0.2, 0.25) is 0 Å². The Kier molecular flexibility index (Phi) is 4.59. The van der Waals surface area contributed by atoms with Crippen molar-refractivity contribution in [3.05, 3.63) is 47.3 Å². The van der Waals surface area contributed by atoms with Gasteiger partial charge in [0, 0.05) is 20.1 Å². The second-order valence-corrected chi connectivity index (χ2v) is 4.57. The number of nitrogens with zero attached hydrogens (tertiary/aromatic N) is 4. The lowest BCUT2D eigenvalue weighted by Crippen LogP contribution is -2.26. The van der Waals surface area contributed by atoms with Crippen LogP contribution in [0.2, 0.25) is 0 Å². The minimum atomic E-state index is -0.942. The average molecular weight is 295 g/mol. The van der Waals surface area contributed by atoms with Crippen LogP contribution in [-0.2, 0) is 13.1 Å². The summed E-state index contributed by atoms with van der Waals surface area (Å²) in [5.41, 5.74) is 6.04. The fourth-order valence-corrected chi connectivity index (χ4v) is 1.82. The molecule has 112 valence electrons. The Morgan fingerprint density at radius 2 is 2.14 bits per heavy atom. The van der Waals surface area contributed by atoms with E-state index in [1.807, 2.05) is 0 Å². The predicted molar refractivity (Wildman–Crippen MR) is 71.2 cm³/mol. The van der Waals surface area contributed by atoms with Crippen LogP contribution >= 0.6 is 0 Å². The normalized spacial score (nSPS) is 10.7. The number of carbonyl (C=O) groups excluding carboxylic acids is 1. The zero-order valence-electron chi connectivity index (χ0n) is 11.5. The Labute approximate surface area is 120 Å².